The van der Waals surface area contributed by atoms with Gasteiger partial charge in [0, 0.05) is 17.6 Å². The van der Waals surface area contributed by atoms with Crippen LogP contribution in [-0.4, -0.2) is 11.5 Å². The molecule has 1 aliphatic heterocycles. The summed E-state index contributed by atoms with van der Waals surface area (Å²) in [5, 5.41) is 4.80. The molecule has 1 aromatic carbocycles. The molecule has 1 aromatic heterocycles. The molecule has 3 rings (SSSR count). The van der Waals surface area contributed by atoms with Crippen LogP contribution in [0.4, 0.5) is 0 Å². The third-order valence-electron chi connectivity index (χ3n) is 3.32. The minimum atomic E-state index is 0.505. The van der Waals surface area contributed by atoms with Crippen molar-refractivity contribution >= 4 is 10.9 Å². The van der Waals surface area contributed by atoms with Gasteiger partial charge in [0.2, 0.25) is 0 Å². The molecule has 0 aliphatic carbocycles. The van der Waals surface area contributed by atoms with E-state index < -0.39 is 0 Å². The van der Waals surface area contributed by atoms with Crippen LogP contribution in [0, 0.1) is 0 Å². The summed E-state index contributed by atoms with van der Waals surface area (Å²) in [5.41, 5.74) is 2.42. The summed E-state index contributed by atoms with van der Waals surface area (Å²) in [6, 6.07) is 11.1. The maximum atomic E-state index is 4.52. The number of fused-ring (bicyclic) bond motifs is 1. The third kappa shape index (κ3) is 1.81. The van der Waals surface area contributed by atoms with Gasteiger partial charge in [-0.1, -0.05) is 24.6 Å². The zero-order valence-corrected chi connectivity index (χ0v) is 9.32. The Labute approximate surface area is 95.7 Å². The standard InChI is InChI=1S/C14H16N2/c1-2-6-13-11(5-1)9-12(10-16-13)14-7-3-4-8-15-14/h1-2,5-6,9-10,14-15H,3-4,7-8H2/t14-/m1/s1. The van der Waals surface area contributed by atoms with Gasteiger partial charge < -0.3 is 5.32 Å². The van der Waals surface area contributed by atoms with Gasteiger partial charge in [-0.2, -0.15) is 0 Å². The van der Waals surface area contributed by atoms with Gasteiger partial charge in [-0.3, -0.25) is 4.98 Å². The lowest BCUT2D eigenvalue weighted by Crippen LogP contribution is -2.26. The van der Waals surface area contributed by atoms with Crippen molar-refractivity contribution in [2.45, 2.75) is 25.3 Å². The first-order chi connectivity index (χ1) is 7.93. The zero-order valence-electron chi connectivity index (χ0n) is 9.32. The highest BCUT2D eigenvalue weighted by Gasteiger charge is 2.14. The van der Waals surface area contributed by atoms with E-state index >= 15 is 0 Å². The fraction of sp³-hybridized carbons (Fsp3) is 0.357. The molecule has 0 spiro atoms. The largest absolute Gasteiger partial charge is 0.310 e. The van der Waals surface area contributed by atoms with Gasteiger partial charge in [0.1, 0.15) is 0 Å². The lowest BCUT2D eigenvalue weighted by Gasteiger charge is -2.23. The van der Waals surface area contributed by atoms with Gasteiger partial charge in [-0.25, -0.2) is 0 Å². The third-order valence-corrected chi connectivity index (χ3v) is 3.32. The maximum Gasteiger partial charge on any atom is 0.0702 e. The van der Waals surface area contributed by atoms with Gasteiger partial charge in [0.05, 0.1) is 5.52 Å². The van der Waals surface area contributed by atoms with Gasteiger partial charge in [-0.15, -0.1) is 0 Å². The van der Waals surface area contributed by atoms with Gasteiger partial charge >= 0.3 is 0 Å². The van der Waals surface area contributed by atoms with E-state index in [2.05, 4.69) is 34.6 Å². The van der Waals surface area contributed by atoms with E-state index in [-0.39, 0.29) is 0 Å². The molecule has 1 N–H and O–H groups in total. The summed E-state index contributed by atoms with van der Waals surface area (Å²) >= 11 is 0. The number of hydrogen-bond donors (Lipinski definition) is 1. The molecule has 82 valence electrons. The van der Waals surface area contributed by atoms with E-state index in [1.165, 1.54) is 30.2 Å². The first kappa shape index (κ1) is 9.79. The Morgan fingerprint density at radius 1 is 1.19 bits per heavy atom. The SMILES string of the molecule is c1ccc2ncc([C@H]3CCCCN3)cc2c1. The number of hydrogen-bond acceptors (Lipinski definition) is 2. The van der Waals surface area contributed by atoms with Crippen LogP contribution in [0.1, 0.15) is 30.9 Å². The molecule has 0 bridgehead atoms. The van der Waals surface area contributed by atoms with Crippen LogP contribution in [0.2, 0.25) is 0 Å². The highest BCUT2D eigenvalue weighted by molar-refractivity contribution is 5.78. The number of rotatable bonds is 1. The number of nitrogens with zero attached hydrogens (tertiary/aromatic N) is 1. The van der Waals surface area contributed by atoms with E-state index in [1.54, 1.807) is 0 Å². The van der Waals surface area contributed by atoms with Crippen molar-refractivity contribution in [3.05, 3.63) is 42.1 Å². The number of benzene rings is 1. The Morgan fingerprint density at radius 3 is 3.00 bits per heavy atom. The average Bonchev–Trinajstić information content (AvgIpc) is 2.39. The van der Waals surface area contributed by atoms with Crippen LogP contribution >= 0.6 is 0 Å². The topological polar surface area (TPSA) is 24.9 Å². The first-order valence-corrected chi connectivity index (χ1v) is 6.01. The monoisotopic (exact) mass is 212 g/mol. The fourth-order valence-electron chi connectivity index (χ4n) is 2.41. The van der Waals surface area contributed by atoms with Crippen molar-refractivity contribution in [2.24, 2.45) is 0 Å². The highest BCUT2D eigenvalue weighted by Crippen LogP contribution is 2.24. The summed E-state index contributed by atoms with van der Waals surface area (Å²) in [4.78, 5) is 4.52. The molecule has 1 aliphatic rings. The van der Waals surface area contributed by atoms with Crippen LogP contribution < -0.4 is 5.32 Å². The van der Waals surface area contributed by atoms with Crippen molar-refractivity contribution < 1.29 is 0 Å². The lowest BCUT2D eigenvalue weighted by molar-refractivity contribution is 0.412. The Balaban J connectivity index is 1.97. The molecule has 0 unspecified atom stereocenters. The molecule has 16 heavy (non-hydrogen) atoms. The molecule has 2 heteroatoms. The molecule has 2 heterocycles. The van der Waals surface area contributed by atoms with Crippen molar-refractivity contribution in [1.82, 2.24) is 10.3 Å². The molecular weight excluding hydrogens is 196 g/mol. The highest BCUT2D eigenvalue weighted by atomic mass is 14.9. The van der Waals surface area contributed by atoms with E-state index in [9.17, 15) is 0 Å². The number of aromatic nitrogens is 1. The Bertz CT molecular complexity index is 487. The second-order valence-corrected chi connectivity index (χ2v) is 4.46. The molecule has 0 saturated carbocycles. The average molecular weight is 212 g/mol. The van der Waals surface area contributed by atoms with Crippen molar-refractivity contribution in [2.75, 3.05) is 6.54 Å². The fourth-order valence-corrected chi connectivity index (χ4v) is 2.41. The van der Waals surface area contributed by atoms with Crippen molar-refractivity contribution in [3.8, 4) is 0 Å². The Morgan fingerprint density at radius 2 is 2.12 bits per heavy atom. The lowest BCUT2D eigenvalue weighted by atomic mass is 9.98. The first-order valence-electron chi connectivity index (χ1n) is 6.01. The summed E-state index contributed by atoms with van der Waals surface area (Å²) in [6.45, 7) is 1.14. The molecule has 2 nitrogen and oxygen atoms in total. The second kappa shape index (κ2) is 4.22. The van der Waals surface area contributed by atoms with Gasteiger partial charge in [0.25, 0.3) is 0 Å². The number of nitrogens with one attached hydrogen (secondary N) is 1. The van der Waals surface area contributed by atoms with E-state index in [0.29, 0.717) is 6.04 Å². The minimum absolute atomic E-state index is 0.505. The molecular formula is C14H16N2. The second-order valence-electron chi connectivity index (χ2n) is 4.46. The quantitative estimate of drug-likeness (QED) is 0.786. The Hall–Kier alpha value is -1.41. The molecule has 0 radical (unpaired) electrons. The van der Waals surface area contributed by atoms with Crippen molar-refractivity contribution in [3.63, 3.8) is 0 Å². The number of pyridine rings is 1. The Kier molecular flexibility index (Phi) is 2.58. The predicted octanol–water partition coefficient (Wildman–Crippen LogP) is 3.05. The summed E-state index contributed by atoms with van der Waals surface area (Å²) in [7, 11) is 0. The predicted molar refractivity (Wildman–Crippen MR) is 66.3 cm³/mol. The van der Waals surface area contributed by atoms with Crippen LogP contribution in [0.25, 0.3) is 10.9 Å². The minimum Gasteiger partial charge on any atom is -0.310 e. The molecule has 1 fully saturated rings. The summed E-state index contributed by atoms with van der Waals surface area (Å²) < 4.78 is 0. The van der Waals surface area contributed by atoms with E-state index in [0.717, 1.165) is 12.1 Å². The summed E-state index contributed by atoms with van der Waals surface area (Å²) in [5.74, 6) is 0. The summed E-state index contributed by atoms with van der Waals surface area (Å²) in [6.07, 6.45) is 5.88. The van der Waals surface area contributed by atoms with Crippen molar-refractivity contribution in [1.29, 1.82) is 0 Å². The van der Waals surface area contributed by atoms with Crippen LogP contribution in [-0.2, 0) is 0 Å². The number of para-hydroxylation sites is 1. The smallest absolute Gasteiger partial charge is 0.0702 e. The molecule has 1 atom stereocenters. The van der Waals surface area contributed by atoms with Gasteiger partial charge in [-0.05, 0) is 37.1 Å². The normalized spacial score (nSPS) is 21.1. The number of piperidine rings is 1. The maximum absolute atomic E-state index is 4.52. The van der Waals surface area contributed by atoms with Crippen LogP contribution in [0.15, 0.2) is 36.5 Å². The van der Waals surface area contributed by atoms with Crippen LogP contribution in [0.5, 0.6) is 0 Å². The zero-order chi connectivity index (χ0) is 10.8. The molecule has 0 amide bonds. The van der Waals surface area contributed by atoms with E-state index in [1.807, 2.05) is 12.3 Å². The van der Waals surface area contributed by atoms with E-state index in [4.69, 9.17) is 0 Å². The molecule has 2 aromatic rings. The molecule has 1 saturated heterocycles. The van der Waals surface area contributed by atoms with Crippen LogP contribution in [0.3, 0.4) is 0 Å². The van der Waals surface area contributed by atoms with Gasteiger partial charge in [0.15, 0.2) is 0 Å².